The monoisotopic (exact) mass is 267 g/mol. The zero-order chi connectivity index (χ0) is 14.0. The number of hydrogen-bond acceptors (Lipinski definition) is 2. The molecule has 0 saturated heterocycles. The molecule has 0 aliphatic heterocycles. The summed E-state index contributed by atoms with van der Waals surface area (Å²) in [6.45, 7) is 2.24. The summed E-state index contributed by atoms with van der Waals surface area (Å²) in [6, 6.07) is 0.311. The molecule has 2 saturated carbocycles. The molecule has 4 heteroatoms. The molecule has 1 N–H and O–H groups in total. The van der Waals surface area contributed by atoms with E-state index in [1.807, 2.05) is 11.9 Å². The molecule has 0 radical (unpaired) electrons. The van der Waals surface area contributed by atoms with E-state index in [1.54, 1.807) is 0 Å². The quantitative estimate of drug-likeness (QED) is 0.854. The molecule has 4 nitrogen and oxygen atoms in total. The molecule has 0 heterocycles. The van der Waals surface area contributed by atoms with Gasteiger partial charge in [-0.15, -0.1) is 0 Å². The second kappa shape index (κ2) is 5.93. The number of carbonyl (C=O) groups is 2. The Labute approximate surface area is 115 Å². The molecular formula is C15H25NO3. The number of carboxylic acid groups (broad SMARTS) is 1. The Hall–Kier alpha value is -1.06. The van der Waals surface area contributed by atoms with Crippen LogP contribution in [0.4, 0.5) is 0 Å². The fraction of sp³-hybridized carbons (Fsp3) is 0.867. The standard InChI is InChI=1S/C15H25NO3/c1-10-5-3-6-11(9-10)16(2)14(17)12-7-4-8-13(12)15(18)19/h10-13H,3-9H2,1-2H3,(H,18,19). The number of rotatable bonds is 3. The van der Waals surface area contributed by atoms with E-state index in [9.17, 15) is 14.7 Å². The molecule has 108 valence electrons. The topological polar surface area (TPSA) is 57.6 Å². The second-order valence-electron chi connectivity index (χ2n) is 6.36. The first-order valence-corrected chi connectivity index (χ1v) is 7.50. The van der Waals surface area contributed by atoms with E-state index in [-0.39, 0.29) is 11.8 Å². The molecule has 4 atom stereocenters. The van der Waals surface area contributed by atoms with Gasteiger partial charge in [-0.2, -0.15) is 0 Å². The van der Waals surface area contributed by atoms with Crippen LogP contribution in [0, 0.1) is 17.8 Å². The van der Waals surface area contributed by atoms with Crippen LogP contribution in [0.1, 0.15) is 51.9 Å². The van der Waals surface area contributed by atoms with E-state index in [1.165, 1.54) is 12.8 Å². The maximum absolute atomic E-state index is 12.5. The van der Waals surface area contributed by atoms with E-state index in [4.69, 9.17) is 0 Å². The number of carboxylic acids is 1. The van der Waals surface area contributed by atoms with Crippen molar-refractivity contribution in [3.63, 3.8) is 0 Å². The summed E-state index contributed by atoms with van der Waals surface area (Å²) in [7, 11) is 1.86. The predicted octanol–water partition coefficient (Wildman–Crippen LogP) is 2.52. The third-order valence-electron chi connectivity index (χ3n) is 4.95. The fourth-order valence-corrected chi connectivity index (χ4v) is 3.75. The molecule has 0 aromatic carbocycles. The maximum Gasteiger partial charge on any atom is 0.307 e. The van der Waals surface area contributed by atoms with Crippen LogP contribution in [0.3, 0.4) is 0 Å². The third kappa shape index (κ3) is 3.10. The number of carbonyl (C=O) groups excluding carboxylic acids is 1. The van der Waals surface area contributed by atoms with Crippen LogP contribution in [0.25, 0.3) is 0 Å². The lowest BCUT2D eigenvalue weighted by atomic mass is 9.85. The first-order chi connectivity index (χ1) is 9.00. The van der Waals surface area contributed by atoms with Crippen LogP contribution in [0.5, 0.6) is 0 Å². The molecule has 0 aromatic rings. The molecule has 0 bridgehead atoms. The normalized spacial score (nSPS) is 35.1. The van der Waals surface area contributed by atoms with Crippen molar-refractivity contribution in [2.75, 3.05) is 7.05 Å². The van der Waals surface area contributed by atoms with Crippen LogP contribution in [-0.4, -0.2) is 35.0 Å². The first-order valence-electron chi connectivity index (χ1n) is 7.50. The molecule has 4 unspecified atom stereocenters. The first kappa shape index (κ1) is 14.4. The highest BCUT2D eigenvalue weighted by molar-refractivity contribution is 5.85. The summed E-state index contributed by atoms with van der Waals surface area (Å²) >= 11 is 0. The maximum atomic E-state index is 12.5. The molecule has 2 fully saturated rings. The highest BCUT2D eigenvalue weighted by Gasteiger charge is 2.40. The summed E-state index contributed by atoms with van der Waals surface area (Å²) in [5, 5.41) is 9.20. The van der Waals surface area contributed by atoms with Gasteiger partial charge >= 0.3 is 5.97 Å². The van der Waals surface area contributed by atoms with Crippen LogP contribution in [0.2, 0.25) is 0 Å². The van der Waals surface area contributed by atoms with Crippen molar-refractivity contribution in [1.29, 1.82) is 0 Å². The van der Waals surface area contributed by atoms with Gasteiger partial charge in [0.2, 0.25) is 5.91 Å². The van der Waals surface area contributed by atoms with Gasteiger partial charge in [-0.1, -0.05) is 26.2 Å². The summed E-state index contributed by atoms with van der Waals surface area (Å²) in [5.41, 5.74) is 0. The van der Waals surface area contributed by atoms with E-state index in [0.717, 1.165) is 25.7 Å². The van der Waals surface area contributed by atoms with Gasteiger partial charge in [-0.3, -0.25) is 9.59 Å². The van der Waals surface area contributed by atoms with Crippen molar-refractivity contribution in [2.45, 2.75) is 57.9 Å². The summed E-state index contributed by atoms with van der Waals surface area (Å²) < 4.78 is 0. The minimum Gasteiger partial charge on any atom is -0.481 e. The van der Waals surface area contributed by atoms with E-state index < -0.39 is 11.9 Å². The molecule has 19 heavy (non-hydrogen) atoms. The van der Waals surface area contributed by atoms with Gasteiger partial charge in [-0.25, -0.2) is 0 Å². The fourth-order valence-electron chi connectivity index (χ4n) is 3.75. The lowest BCUT2D eigenvalue weighted by Crippen LogP contribution is -2.44. The molecule has 1 amide bonds. The van der Waals surface area contributed by atoms with Crippen molar-refractivity contribution in [3.8, 4) is 0 Å². The Kier molecular flexibility index (Phi) is 4.48. The van der Waals surface area contributed by atoms with Gasteiger partial charge in [-0.05, 0) is 31.6 Å². The Morgan fingerprint density at radius 1 is 1.05 bits per heavy atom. The van der Waals surface area contributed by atoms with Crippen LogP contribution < -0.4 is 0 Å². The van der Waals surface area contributed by atoms with Gasteiger partial charge in [0.25, 0.3) is 0 Å². The SMILES string of the molecule is CC1CCCC(N(C)C(=O)C2CCCC2C(=O)O)C1. The number of hydrogen-bond donors (Lipinski definition) is 1. The number of aliphatic carboxylic acids is 1. The number of nitrogens with zero attached hydrogens (tertiary/aromatic N) is 1. The van der Waals surface area contributed by atoms with Gasteiger partial charge in [0.1, 0.15) is 0 Å². The van der Waals surface area contributed by atoms with Gasteiger partial charge in [0.05, 0.1) is 11.8 Å². The largest absolute Gasteiger partial charge is 0.481 e. The second-order valence-corrected chi connectivity index (χ2v) is 6.36. The molecule has 2 aliphatic rings. The average molecular weight is 267 g/mol. The van der Waals surface area contributed by atoms with Gasteiger partial charge in [0, 0.05) is 13.1 Å². The lowest BCUT2D eigenvalue weighted by molar-refractivity contribution is -0.149. The van der Waals surface area contributed by atoms with Gasteiger partial charge in [0.15, 0.2) is 0 Å². The molecule has 2 rings (SSSR count). The Morgan fingerprint density at radius 3 is 2.32 bits per heavy atom. The average Bonchev–Trinajstić information content (AvgIpc) is 2.86. The van der Waals surface area contributed by atoms with Crippen LogP contribution >= 0.6 is 0 Å². The smallest absolute Gasteiger partial charge is 0.307 e. The van der Waals surface area contributed by atoms with Crippen LogP contribution in [0.15, 0.2) is 0 Å². The molecule has 0 aromatic heterocycles. The zero-order valence-corrected chi connectivity index (χ0v) is 12.0. The summed E-state index contributed by atoms with van der Waals surface area (Å²) in [4.78, 5) is 25.6. The highest BCUT2D eigenvalue weighted by Crippen LogP contribution is 2.35. The molecular weight excluding hydrogens is 242 g/mol. The molecule has 2 aliphatic carbocycles. The Morgan fingerprint density at radius 2 is 1.68 bits per heavy atom. The van der Waals surface area contributed by atoms with E-state index in [2.05, 4.69) is 6.92 Å². The Bertz CT molecular complexity index is 355. The predicted molar refractivity (Wildman–Crippen MR) is 72.7 cm³/mol. The minimum absolute atomic E-state index is 0.0593. The van der Waals surface area contributed by atoms with Crippen molar-refractivity contribution < 1.29 is 14.7 Å². The minimum atomic E-state index is -0.804. The Balaban J connectivity index is 2.00. The van der Waals surface area contributed by atoms with Crippen LogP contribution in [-0.2, 0) is 9.59 Å². The number of amides is 1. The highest BCUT2D eigenvalue weighted by atomic mass is 16.4. The lowest BCUT2D eigenvalue weighted by Gasteiger charge is -2.36. The van der Waals surface area contributed by atoms with Gasteiger partial charge < -0.3 is 10.0 Å². The summed E-state index contributed by atoms with van der Waals surface area (Å²) in [5.74, 6) is -0.825. The van der Waals surface area contributed by atoms with Crippen molar-refractivity contribution in [1.82, 2.24) is 4.90 Å². The van der Waals surface area contributed by atoms with Crippen molar-refractivity contribution in [3.05, 3.63) is 0 Å². The summed E-state index contributed by atoms with van der Waals surface area (Å²) in [6.07, 6.45) is 6.81. The van der Waals surface area contributed by atoms with E-state index >= 15 is 0 Å². The van der Waals surface area contributed by atoms with Crippen molar-refractivity contribution in [2.24, 2.45) is 17.8 Å². The molecule has 0 spiro atoms. The van der Waals surface area contributed by atoms with Crippen molar-refractivity contribution >= 4 is 11.9 Å². The van der Waals surface area contributed by atoms with E-state index in [0.29, 0.717) is 18.4 Å². The third-order valence-corrected chi connectivity index (χ3v) is 4.95. The zero-order valence-electron chi connectivity index (χ0n) is 12.0.